The van der Waals surface area contributed by atoms with Crippen LogP contribution >= 0.6 is 0 Å². The number of aromatic nitrogens is 2. The van der Waals surface area contributed by atoms with Crippen LogP contribution in [0.1, 0.15) is 5.56 Å². The van der Waals surface area contributed by atoms with Crippen molar-refractivity contribution in [1.82, 2.24) is 9.78 Å². The van der Waals surface area contributed by atoms with Crippen LogP contribution in [0.5, 0.6) is 0 Å². The van der Waals surface area contributed by atoms with Gasteiger partial charge in [0.2, 0.25) is 0 Å². The first-order valence-electron chi connectivity index (χ1n) is 7.76. The van der Waals surface area contributed by atoms with Crippen molar-refractivity contribution in [2.45, 2.75) is 19.2 Å². The molecule has 3 aromatic rings. The van der Waals surface area contributed by atoms with Crippen LogP contribution in [0, 0.1) is 0 Å². The van der Waals surface area contributed by atoms with E-state index in [4.69, 9.17) is 10.5 Å². The molecule has 1 heterocycles. The average Bonchev–Trinajstić information content (AvgIpc) is 3.10. The van der Waals surface area contributed by atoms with Gasteiger partial charge in [0.05, 0.1) is 12.7 Å². The first-order valence-corrected chi connectivity index (χ1v) is 7.76. The standard InChI is InChI=1S/C19H19N3O2/c20-18(19(23)24-14-15-7-3-1-4-8-15)13-22-12-17(11-21-22)16-9-5-2-6-10-16/h1-12,18H,13-14,20H2/t18-/m0/s1. The zero-order chi connectivity index (χ0) is 16.8. The van der Waals surface area contributed by atoms with Gasteiger partial charge in [-0.05, 0) is 11.1 Å². The molecule has 3 rings (SSSR count). The summed E-state index contributed by atoms with van der Waals surface area (Å²) >= 11 is 0. The monoisotopic (exact) mass is 321 g/mol. The van der Waals surface area contributed by atoms with Gasteiger partial charge in [0.1, 0.15) is 12.6 Å². The van der Waals surface area contributed by atoms with E-state index in [1.54, 1.807) is 10.9 Å². The Balaban J connectivity index is 1.55. The molecule has 0 saturated carbocycles. The molecule has 2 N–H and O–H groups in total. The van der Waals surface area contributed by atoms with Crippen molar-refractivity contribution in [3.8, 4) is 11.1 Å². The number of ether oxygens (including phenoxy) is 1. The second-order valence-corrected chi connectivity index (χ2v) is 5.52. The van der Waals surface area contributed by atoms with Crippen LogP contribution in [0.4, 0.5) is 0 Å². The Morgan fingerprint density at radius 1 is 1.04 bits per heavy atom. The Morgan fingerprint density at radius 3 is 2.42 bits per heavy atom. The lowest BCUT2D eigenvalue weighted by Gasteiger charge is -2.11. The van der Waals surface area contributed by atoms with Crippen molar-refractivity contribution >= 4 is 5.97 Å². The Hall–Kier alpha value is -2.92. The van der Waals surface area contributed by atoms with Crippen LogP contribution in [0.2, 0.25) is 0 Å². The number of carbonyl (C=O) groups excluding carboxylic acids is 1. The molecule has 1 aromatic heterocycles. The van der Waals surface area contributed by atoms with Crippen LogP contribution in [-0.4, -0.2) is 21.8 Å². The first-order chi connectivity index (χ1) is 11.7. The largest absolute Gasteiger partial charge is 0.460 e. The number of hydrogen-bond acceptors (Lipinski definition) is 4. The van der Waals surface area contributed by atoms with Crippen molar-refractivity contribution in [2.75, 3.05) is 0 Å². The van der Waals surface area contributed by atoms with Gasteiger partial charge in [-0.2, -0.15) is 5.10 Å². The summed E-state index contributed by atoms with van der Waals surface area (Å²) in [6.45, 7) is 0.502. The van der Waals surface area contributed by atoms with E-state index in [0.717, 1.165) is 16.7 Å². The maximum absolute atomic E-state index is 12.0. The molecule has 24 heavy (non-hydrogen) atoms. The van der Waals surface area contributed by atoms with Gasteiger partial charge in [0, 0.05) is 11.8 Å². The molecule has 0 bridgehead atoms. The lowest BCUT2D eigenvalue weighted by molar-refractivity contribution is -0.146. The smallest absolute Gasteiger partial charge is 0.325 e. The highest BCUT2D eigenvalue weighted by Crippen LogP contribution is 2.17. The number of benzene rings is 2. The van der Waals surface area contributed by atoms with Gasteiger partial charge in [0.25, 0.3) is 0 Å². The minimum Gasteiger partial charge on any atom is -0.460 e. The van der Waals surface area contributed by atoms with E-state index < -0.39 is 12.0 Å². The number of hydrogen-bond donors (Lipinski definition) is 1. The van der Waals surface area contributed by atoms with Crippen molar-refractivity contribution in [1.29, 1.82) is 0 Å². The highest BCUT2D eigenvalue weighted by Gasteiger charge is 2.16. The normalized spacial score (nSPS) is 11.9. The third-order valence-corrected chi connectivity index (χ3v) is 3.65. The molecule has 122 valence electrons. The van der Waals surface area contributed by atoms with Crippen LogP contribution in [0.3, 0.4) is 0 Å². The van der Waals surface area contributed by atoms with Crippen LogP contribution < -0.4 is 5.73 Å². The Kier molecular flexibility index (Phi) is 5.03. The SMILES string of the molecule is N[C@@H](Cn1cc(-c2ccccc2)cn1)C(=O)OCc1ccccc1. The quantitative estimate of drug-likeness (QED) is 0.709. The van der Waals surface area contributed by atoms with E-state index >= 15 is 0 Å². The number of esters is 1. The summed E-state index contributed by atoms with van der Waals surface area (Å²) in [6.07, 6.45) is 3.64. The van der Waals surface area contributed by atoms with Crippen molar-refractivity contribution in [3.63, 3.8) is 0 Å². The third kappa shape index (κ3) is 4.08. The molecule has 0 radical (unpaired) electrons. The summed E-state index contributed by atoms with van der Waals surface area (Å²) in [7, 11) is 0. The molecular weight excluding hydrogens is 302 g/mol. The number of carbonyl (C=O) groups is 1. The summed E-state index contributed by atoms with van der Waals surface area (Å²) in [6, 6.07) is 18.7. The van der Waals surface area contributed by atoms with Gasteiger partial charge in [-0.1, -0.05) is 60.7 Å². The van der Waals surface area contributed by atoms with Gasteiger partial charge >= 0.3 is 5.97 Å². The fourth-order valence-corrected chi connectivity index (χ4v) is 2.35. The number of nitrogens with zero attached hydrogens (tertiary/aromatic N) is 2. The van der Waals surface area contributed by atoms with Crippen molar-refractivity contribution in [2.24, 2.45) is 5.73 Å². The second kappa shape index (κ2) is 7.57. The van der Waals surface area contributed by atoms with Crippen molar-refractivity contribution in [3.05, 3.63) is 78.6 Å². The molecule has 0 aliphatic heterocycles. The molecule has 5 heteroatoms. The van der Waals surface area contributed by atoms with Crippen LogP contribution in [0.15, 0.2) is 73.1 Å². The Bertz CT molecular complexity index is 785. The molecule has 0 aliphatic carbocycles. The predicted molar refractivity (Wildman–Crippen MR) is 91.9 cm³/mol. The maximum atomic E-state index is 12.0. The third-order valence-electron chi connectivity index (χ3n) is 3.65. The van der Waals surface area contributed by atoms with E-state index in [2.05, 4.69) is 5.10 Å². The topological polar surface area (TPSA) is 70.1 Å². The average molecular weight is 321 g/mol. The van der Waals surface area contributed by atoms with E-state index in [-0.39, 0.29) is 13.2 Å². The van der Waals surface area contributed by atoms with E-state index in [0.29, 0.717) is 0 Å². The number of rotatable bonds is 6. The molecule has 0 aliphatic rings. The summed E-state index contributed by atoms with van der Waals surface area (Å²) in [5, 5.41) is 4.26. The van der Waals surface area contributed by atoms with E-state index in [1.807, 2.05) is 66.9 Å². The molecule has 0 unspecified atom stereocenters. The zero-order valence-corrected chi connectivity index (χ0v) is 13.2. The minimum absolute atomic E-state index is 0.224. The highest BCUT2D eigenvalue weighted by molar-refractivity contribution is 5.75. The van der Waals surface area contributed by atoms with Crippen LogP contribution in [-0.2, 0) is 22.7 Å². The molecule has 0 spiro atoms. The summed E-state index contributed by atoms with van der Waals surface area (Å²) in [4.78, 5) is 12.0. The second-order valence-electron chi connectivity index (χ2n) is 5.52. The molecule has 5 nitrogen and oxygen atoms in total. The summed E-state index contributed by atoms with van der Waals surface area (Å²) in [5.41, 5.74) is 8.92. The van der Waals surface area contributed by atoms with Crippen molar-refractivity contribution < 1.29 is 9.53 Å². The first kappa shape index (κ1) is 16.0. The van der Waals surface area contributed by atoms with Crippen LogP contribution in [0.25, 0.3) is 11.1 Å². The lowest BCUT2D eigenvalue weighted by Crippen LogP contribution is -2.36. The predicted octanol–water partition coefficient (Wildman–Crippen LogP) is 2.62. The van der Waals surface area contributed by atoms with E-state index in [9.17, 15) is 4.79 Å². The maximum Gasteiger partial charge on any atom is 0.325 e. The van der Waals surface area contributed by atoms with Gasteiger partial charge in [-0.25, -0.2) is 0 Å². The molecule has 0 fully saturated rings. The fraction of sp³-hybridized carbons (Fsp3) is 0.158. The fourth-order valence-electron chi connectivity index (χ4n) is 2.35. The Morgan fingerprint density at radius 2 is 1.71 bits per heavy atom. The highest BCUT2D eigenvalue weighted by atomic mass is 16.5. The van der Waals surface area contributed by atoms with Gasteiger partial charge in [0.15, 0.2) is 0 Å². The van der Waals surface area contributed by atoms with E-state index in [1.165, 1.54) is 0 Å². The molecule has 0 amide bonds. The minimum atomic E-state index is -0.753. The van der Waals surface area contributed by atoms with Gasteiger partial charge in [-0.15, -0.1) is 0 Å². The van der Waals surface area contributed by atoms with Gasteiger partial charge < -0.3 is 10.5 Å². The zero-order valence-electron chi connectivity index (χ0n) is 13.2. The summed E-state index contributed by atoms with van der Waals surface area (Å²) < 4.78 is 6.91. The summed E-state index contributed by atoms with van der Waals surface area (Å²) in [5.74, 6) is -0.435. The molecular formula is C19H19N3O2. The lowest BCUT2D eigenvalue weighted by atomic mass is 10.1. The molecule has 2 aromatic carbocycles. The number of nitrogens with two attached hydrogens (primary N) is 1. The van der Waals surface area contributed by atoms with Gasteiger partial charge in [-0.3, -0.25) is 9.48 Å². The Labute approximate surface area is 140 Å². The molecule has 1 atom stereocenters. The molecule has 0 saturated heterocycles.